The second kappa shape index (κ2) is 4.79. The van der Waals surface area contributed by atoms with Crippen molar-refractivity contribution >= 4 is 5.91 Å². The minimum Gasteiger partial charge on any atom is -0.341 e. The van der Waals surface area contributed by atoms with Gasteiger partial charge in [-0.25, -0.2) is 4.98 Å². The minimum absolute atomic E-state index is 0.0169. The third-order valence-corrected chi connectivity index (χ3v) is 3.36. The van der Waals surface area contributed by atoms with Crippen molar-refractivity contribution < 1.29 is 4.79 Å². The number of likely N-dealkylation sites (tertiary alicyclic amines) is 1. The Morgan fingerprint density at radius 2 is 2.26 bits per heavy atom. The number of nitrogens with one attached hydrogen (secondary N) is 1. The van der Waals surface area contributed by atoms with Crippen LogP contribution in [0.25, 0.3) is 0 Å². The lowest BCUT2D eigenvalue weighted by atomic mass is 10.1. The normalized spacial score (nSPS) is 18.8. The van der Waals surface area contributed by atoms with Crippen molar-refractivity contribution in [2.75, 3.05) is 6.54 Å². The number of aromatic nitrogens is 4. The van der Waals surface area contributed by atoms with E-state index in [2.05, 4.69) is 19.9 Å². The highest BCUT2D eigenvalue weighted by molar-refractivity contribution is 5.92. The van der Waals surface area contributed by atoms with Gasteiger partial charge in [-0.05, 0) is 19.8 Å². The first-order chi connectivity index (χ1) is 9.25. The van der Waals surface area contributed by atoms with Gasteiger partial charge in [-0.1, -0.05) is 0 Å². The van der Waals surface area contributed by atoms with E-state index >= 15 is 0 Å². The van der Waals surface area contributed by atoms with E-state index in [1.165, 1.54) is 6.33 Å². The lowest BCUT2D eigenvalue weighted by Gasteiger charge is -2.23. The number of hydrogen-bond donors (Lipinski definition) is 1. The number of aromatic amines is 1. The third kappa shape index (κ3) is 2.21. The molecule has 1 aliphatic heterocycles. The van der Waals surface area contributed by atoms with E-state index in [9.17, 15) is 4.79 Å². The van der Waals surface area contributed by atoms with Crippen molar-refractivity contribution in [3.63, 3.8) is 0 Å². The fraction of sp³-hybridized carbons (Fsp3) is 0.385. The van der Waals surface area contributed by atoms with Crippen LogP contribution in [-0.2, 0) is 0 Å². The van der Waals surface area contributed by atoms with E-state index in [0.29, 0.717) is 5.69 Å². The molecule has 1 unspecified atom stereocenters. The topological polar surface area (TPSA) is 74.8 Å². The summed E-state index contributed by atoms with van der Waals surface area (Å²) in [5, 5.41) is 0. The molecule has 6 nitrogen and oxygen atoms in total. The molecule has 2 aromatic rings. The number of aryl methyl sites for hydroxylation is 1. The number of amides is 1. The molecule has 1 atom stereocenters. The summed E-state index contributed by atoms with van der Waals surface area (Å²) in [5.74, 6) is -0.0247. The van der Waals surface area contributed by atoms with Crippen LogP contribution in [0.5, 0.6) is 0 Å². The van der Waals surface area contributed by atoms with Crippen LogP contribution in [0, 0.1) is 6.92 Å². The molecule has 2 aromatic heterocycles. The van der Waals surface area contributed by atoms with Gasteiger partial charge < -0.3 is 9.88 Å². The molecule has 19 heavy (non-hydrogen) atoms. The highest BCUT2D eigenvalue weighted by Crippen LogP contribution is 2.31. The van der Waals surface area contributed by atoms with E-state index < -0.39 is 0 Å². The van der Waals surface area contributed by atoms with Crippen LogP contribution in [0.3, 0.4) is 0 Å². The molecule has 3 heterocycles. The van der Waals surface area contributed by atoms with E-state index in [0.717, 1.165) is 30.8 Å². The van der Waals surface area contributed by atoms with E-state index in [4.69, 9.17) is 0 Å². The molecule has 98 valence electrons. The molecule has 0 aliphatic carbocycles. The highest BCUT2D eigenvalue weighted by Gasteiger charge is 2.32. The number of carbonyl (C=O) groups excluding carboxylic acids is 1. The lowest BCUT2D eigenvalue weighted by molar-refractivity contribution is 0.0727. The van der Waals surface area contributed by atoms with Crippen LogP contribution in [0.15, 0.2) is 24.9 Å². The van der Waals surface area contributed by atoms with Crippen molar-refractivity contribution in [2.45, 2.75) is 25.8 Å². The fourth-order valence-corrected chi connectivity index (χ4v) is 2.49. The van der Waals surface area contributed by atoms with Crippen molar-refractivity contribution in [1.29, 1.82) is 0 Å². The van der Waals surface area contributed by atoms with Crippen molar-refractivity contribution in [3.05, 3.63) is 42.0 Å². The van der Waals surface area contributed by atoms with Crippen molar-refractivity contribution in [1.82, 2.24) is 24.8 Å². The van der Waals surface area contributed by atoms with Crippen LogP contribution in [0.4, 0.5) is 0 Å². The van der Waals surface area contributed by atoms with Gasteiger partial charge in [0.2, 0.25) is 0 Å². The average molecular weight is 257 g/mol. The summed E-state index contributed by atoms with van der Waals surface area (Å²) in [6.07, 6.45) is 8.46. The first-order valence-corrected chi connectivity index (χ1v) is 6.33. The molecular formula is C13H15N5O. The first-order valence-electron chi connectivity index (χ1n) is 6.33. The quantitative estimate of drug-likeness (QED) is 0.884. The Hall–Kier alpha value is -2.24. The van der Waals surface area contributed by atoms with Crippen LogP contribution in [-0.4, -0.2) is 37.3 Å². The van der Waals surface area contributed by atoms with Gasteiger partial charge in [0, 0.05) is 12.7 Å². The molecule has 0 bridgehead atoms. The molecule has 1 fully saturated rings. The van der Waals surface area contributed by atoms with Crippen molar-refractivity contribution in [3.8, 4) is 0 Å². The summed E-state index contributed by atoms with van der Waals surface area (Å²) >= 11 is 0. The second-order valence-corrected chi connectivity index (χ2v) is 4.71. The zero-order valence-corrected chi connectivity index (χ0v) is 10.7. The Morgan fingerprint density at radius 1 is 1.37 bits per heavy atom. The summed E-state index contributed by atoms with van der Waals surface area (Å²) in [7, 11) is 0. The van der Waals surface area contributed by atoms with Gasteiger partial charge >= 0.3 is 0 Å². The van der Waals surface area contributed by atoms with E-state index in [1.54, 1.807) is 18.6 Å². The molecule has 0 spiro atoms. The van der Waals surface area contributed by atoms with Gasteiger partial charge in [0.15, 0.2) is 0 Å². The Bertz CT molecular complexity index is 580. The molecule has 1 saturated heterocycles. The van der Waals surface area contributed by atoms with Crippen LogP contribution in [0.1, 0.15) is 40.8 Å². The second-order valence-electron chi connectivity index (χ2n) is 4.71. The maximum Gasteiger partial charge on any atom is 0.272 e. The number of hydrogen-bond acceptors (Lipinski definition) is 4. The van der Waals surface area contributed by atoms with Crippen LogP contribution in [0.2, 0.25) is 0 Å². The first kappa shape index (κ1) is 11.8. The lowest BCUT2D eigenvalue weighted by Crippen LogP contribution is -2.31. The summed E-state index contributed by atoms with van der Waals surface area (Å²) in [5.41, 5.74) is 2.26. The molecule has 0 radical (unpaired) electrons. The van der Waals surface area contributed by atoms with Crippen molar-refractivity contribution in [2.24, 2.45) is 0 Å². The van der Waals surface area contributed by atoms with Gasteiger partial charge in [-0.3, -0.25) is 14.8 Å². The molecule has 1 aliphatic rings. The standard InChI is InChI=1S/C13H15N5O/c1-9-5-14-6-10(17-9)12-3-2-4-18(12)13(19)11-7-15-8-16-11/h5-8,12H,2-4H2,1H3,(H,15,16). The Morgan fingerprint density at radius 3 is 3.00 bits per heavy atom. The molecule has 1 N–H and O–H groups in total. The Kier molecular flexibility index (Phi) is 2.98. The summed E-state index contributed by atoms with van der Waals surface area (Å²) in [6.45, 7) is 2.66. The molecule has 0 saturated carbocycles. The van der Waals surface area contributed by atoms with Gasteiger partial charge in [-0.15, -0.1) is 0 Å². The van der Waals surface area contributed by atoms with Gasteiger partial charge in [-0.2, -0.15) is 0 Å². The molecular weight excluding hydrogens is 242 g/mol. The Labute approximate surface area is 110 Å². The van der Waals surface area contributed by atoms with Crippen LogP contribution < -0.4 is 0 Å². The summed E-state index contributed by atoms with van der Waals surface area (Å²) in [6, 6.07) is 0.0169. The SMILES string of the molecule is Cc1cncc(C2CCCN2C(=O)c2cnc[nH]2)n1. The smallest absolute Gasteiger partial charge is 0.272 e. The number of H-pyrrole nitrogens is 1. The zero-order valence-electron chi connectivity index (χ0n) is 10.7. The monoisotopic (exact) mass is 257 g/mol. The number of carbonyl (C=O) groups is 1. The summed E-state index contributed by atoms with van der Waals surface area (Å²) in [4.78, 5) is 29.6. The molecule has 1 amide bonds. The van der Waals surface area contributed by atoms with Gasteiger partial charge in [0.25, 0.3) is 5.91 Å². The Balaban J connectivity index is 1.88. The number of nitrogens with zero attached hydrogens (tertiary/aromatic N) is 4. The molecule has 0 aromatic carbocycles. The average Bonchev–Trinajstić information content (AvgIpc) is 3.09. The van der Waals surface area contributed by atoms with Gasteiger partial charge in [0.05, 0.1) is 36.2 Å². The molecule has 3 rings (SSSR count). The predicted octanol–water partition coefficient (Wildman–Crippen LogP) is 1.49. The zero-order chi connectivity index (χ0) is 13.2. The third-order valence-electron chi connectivity index (χ3n) is 3.36. The predicted molar refractivity (Wildman–Crippen MR) is 68.4 cm³/mol. The van der Waals surface area contributed by atoms with Crippen LogP contribution >= 0.6 is 0 Å². The maximum absolute atomic E-state index is 12.4. The van der Waals surface area contributed by atoms with E-state index in [1.807, 2.05) is 11.8 Å². The van der Waals surface area contributed by atoms with E-state index in [-0.39, 0.29) is 11.9 Å². The minimum atomic E-state index is -0.0247. The maximum atomic E-state index is 12.4. The molecule has 6 heteroatoms. The number of imidazole rings is 1. The largest absolute Gasteiger partial charge is 0.341 e. The number of rotatable bonds is 2. The summed E-state index contributed by atoms with van der Waals surface area (Å²) < 4.78 is 0. The highest BCUT2D eigenvalue weighted by atomic mass is 16.2. The van der Waals surface area contributed by atoms with Gasteiger partial charge in [0.1, 0.15) is 5.69 Å². The fourth-order valence-electron chi connectivity index (χ4n) is 2.49.